The summed E-state index contributed by atoms with van der Waals surface area (Å²) in [5.74, 6) is -2.71. The third kappa shape index (κ3) is 9.73. The van der Waals surface area contributed by atoms with Crippen molar-refractivity contribution in [1.29, 1.82) is 0 Å². The Hall–Kier alpha value is -1.32. The number of hydrogen-bond acceptors (Lipinski definition) is 9. The first kappa shape index (κ1) is 34.1. The second-order valence-corrected chi connectivity index (χ2v) is 4.05. The summed E-state index contributed by atoms with van der Waals surface area (Å²) in [7, 11) is 0. The van der Waals surface area contributed by atoms with Gasteiger partial charge in [0.15, 0.2) is 0 Å². The van der Waals surface area contributed by atoms with E-state index in [1.54, 1.807) is 0 Å². The van der Waals surface area contributed by atoms with Crippen molar-refractivity contribution >= 4 is 17.7 Å². The van der Waals surface area contributed by atoms with Gasteiger partial charge in [0.05, 0.1) is 25.0 Å². The molecule has 12 N–H and O–H groups in total. The van der Waals surface area contributed by atoms with Crippen LogP contribution in [-0.4, -0.2) is 73.4 Å². The SMILES string of the molecule is CC(C([O-])=NCCN)(C([O-])=NCCN)C([O-])=NCCN.O.O.O.[Co+3]. The normalized spacial score (nSPS) is 14.2. The largest absolute Gasteiger partial charge is 3.00 e. The van der Waals surface area contributed by atoms with Gasteiger partial charge in [-0.1, -0.05) is 0 Å². The topological polar surface area (TPSA) is 279 Å². The first-order chi connectivity index (χ1) is 9.44. The summed E-state index contributed by atoms with van der Waals surface area (Å²) >= 11 is 0. The summed E-state index contributed by atoms with van der Waals surface area (Å²) in [5, 5.41) is 36.0. The Bertz CT molecular complexity index is 338. The fourth-order valence-corrected chi connectivity index (χ4v) is 1.25. The standard InChI is InChI=1S/C11H24N6O3.Co.3H2O/c1-11(8(18)15-5-2-12,9(19)16-6-3-13)10(20)17-7-4-14;;;;/h2-7,12-14H2,1H3,(H,15,18)(H,16,19)(H,17,20);;3*1H2/q;+3;;;/p-3. The zero-order chi connectivity index (χ0) is 15.6. The van der Waals surface area contributed by atoms with Crippen molar-refractivity contribution in [2.45, 2.75) is 6.92 Å². The average Bonchev–Trinajstić information content (AvgIpc) is 2.46. The molecule has 0 fully saturated rings. The third-order valence-corrected chi connectivity index (χ3v) is 2.44. The van der Waals surface area contributed by atoms with E-state index >= 15 is 0 Å². The fourth-order valence-electron chi connectivity index (χ4n) is 1.25. The van der Waals surface area contributed by atoms with Crippen LogP contribution in [0.5, 0.6) is 0 Å². The maximum Gasteiger partial charge on any atom is 3.00 e. The van der Waals surface area contributed by atoms with Crippen LogP contribution in [0.25, 0.3) is 0 Å². The molecule has 0 aromatic carbocycles. The van der Waals surface area contributed by atoms with Crippen LogP contribution in [0.1, 0.15) is 6.92 Å². The Morgan fingerprint density at radius 3 is 1.08 bits per heavy atom. The van der Waals surface area contributed by atoms with Crippen molar-refractivity contribution in [2.75, 3.05) is 39.3 Å². The molecule has 0 aliphatic carbocycles. The van der Waals surface area contributed by atoms with Crippen molar-refractivity contribution in [3.8, 4) is 0 Å². The number of aliphatic imine (C=N–C) groups is 3. The molecule has 0 saturated heterocycles. The quantitative estimate of drug-likeness (QED) is 0.250. The van der Waals surface area contributed by atoms with Crippen molar-refractivity contribution in [3.63, 3.8) is 0 Å². The summed E-state index contributed by atoms with van der Waals surface area (Å²) < 4.78 is 0. The van der Waals surface area contributed by atoms with E-state index in [0.29, 0.717) is 0 Å². The van der Waals surface area contributed by atoms with Crippen LogP contribution in [0.4, 0.5) is 0 Å². The molecule has 0 aliphatic rings. The molecule has 0 aromatic heterocycles. The van der Waals surface area contributed by atoms with Gasteiger partial charge < -0.3 is 63.9 Å². The average molecular weight is 398 g/mol. The Kier molecular flexibility index (Phi) is 25.6. The van der Waals surface area contributed by atoms with E-state index in [2.05, 4.69) is 15.0 Å². The molecule has 24 heavy (non-hydrogen) atoms. The Balaban J connectivity index is -0.000000301. The number of nitrogens with zero attached hydrogens (tertiary/aromatic N) is 3. The maximum absolute atomic E-state index is 12.0. The molecule has 146 valence electrons. The minimum atomic E-state index is -2.06. The minimum Gasteiger partial charge on any atom is -0.861 e. The van der Waals surface area contributed by atoms with E-state index in [9.17, 15) is 15.3 Å². The second-order valence-electron chi connectivity index (χ2n) is 4.05. The predicted octanol–water partition coefficient (Wildman–Crippen LogP) is -7.33. The van der Waals surface area contributed by atoms with E-state index < -0.39 is 23.1 Å². The van der Waals surface area contributed by atoms with Crippen molar-refractivity contribution in [1.82, 2.24) is 0 Å². The van der Waals surface area contributed by atoms with Crippen LogP contribution in [0.3, 0.4) is 0 Å². The van der Waals surface area contributed by atoms with E-state index in [4.69, 9.17) is 17.2 Å². The monoisotopic (exact) mass is 398 g/mol. The van der Waals surface area contributed by atoms with Crippen LogP contribution in [0.2, 0.25) is 0 Å². The molecule has 0 radical (unpaired) electrons. The summed E-state index contributed by atoms with van der Waals surface area (Å²) in [6, 6.07) is 0. The minimum absolute atomic E-state index is 0. The zero-order valence-corrected chi connectivity index (χ0v) is 14.4. The molecule has 0 saturated carbocycles. The molecule has 0 atom stereocenters. The molecule has 0 spiro atoms. The molecule has 12 nitrogen and oxygen atoms in total. The van der Waals surface area contributed by atoms with E-state index in [-0.39, 0.29) is 72.5 Å². The van der Waals surface area contributed by atoms with Gasteiger partial charge in [-0.25, -0.2) is 0 Å². The van der Waals surface area contributed by atoms with Gasteiger partial charge >= 0.3 is 16.8 Å². The molecule has 0 aromatic rings. The Morgan fingerprint density at radius 2 is 0.917 bits per heavy atom. The molecular weight excluding hydrogens is 371 g/mol. The van der Waals surface area contributed by atoms with Gasteiger partial charge in [-0.2, -0.15) is 0 Å². The van der Waals surface area contributed by atoms with Crippen LogP contribution >= 0.6 is 0 Å². The van der Waals surface area contributed by atoms with Crippen LogP contribution in [-0.2, 0) is 16.8 Å². The van der Waals surface area contributed by atoms with E-state index in [0.717, 1.165) is 6.92 Å². The van der Waals surface area contributed by atoms with Crippen molar-refractivity contribution in [3.05, 3.63) is 0 Å². The molecule has 13 heteroatoms. The van der Waals surface area contributed by atoms with Crippen molar-refractivity contribution < 1.29 is 48.5 Å². The van der Waals surface area contributed by atoms with Crippen molar-refractivity contribution in [2.24, 2.45) is 37.6 Å². The molecule has 0 heterocycles. The Labute approximate surface area is 150 Å². The van der Waals surface area contributed by atoms with Gasteiger partial charge in [-0.3, -0.25) is 0 Å². The molecule has 0 bridgehead atoms. The number of nitrogens with two attached hydrogens (primary N) is 3. The van der Waals surface area contributed by atoms with Crippen LogP contribution in [0, 0.1) is 5.41 Å². The maximum atomic E-state index is 12.0. The second kappa shape index (κ2) is 18.0. The van der Waals surface area contributed by atoms with E-state index in [1.165, 1.54) is 0 Å². The van der Waals surface area contributed by atoms with Gasteiger partial charge in [-0.05, 0) is 24.6 Å². The molecule has 0 rings (SSSR count). The smallest absolute Gasteiger partial charge is 0.861 e. The Morgan fingerprint density at radius 1 is 0.708 bits per heavy atom. The summed E-state index contributed by atoms with van der Waals surface area (Å²) in [4.78, 5) is 10.8. The summed E-state index contributed by atoms with van der Waals surface area (Å²) in [6.07, 6.45) is 0. The zero-order valence-electron chi connectivity index (χ0n) is 13.4. The summed E-state index contributed by atoms with van der Waals surface area (Å²) in [6.45, 7) is 1.59. The molecule has 0 unspecified atom stereocenters. The first-order valence-electron chi connectivity index (χ1n) is 6.21. The molecule has 0 aliphatic heterocycles. The van der Waals surface area contributed by atoms with Gasteiger partial charge in [-0.15, -0.1) is 0 Å². The van der Waals surface area contributed by atoms with Crippen LogP contribution < -0.4 is 32.5 Å². The van der Waals surface area contributed by atoms with Gasteiger partial charge in [0.25, 0.3) is 0 Å². The third-order valence-electron chi connectivity index (χ3n) is 2.44. The molecule has 0 amide bonds. The van der Waals surface area contributed by atoms with Gasteiger partial charge in [0.1, 0.15) is 0 Å². The number of hydrogen-bond donors (Lipinski definition) is 3. The fraction of sp³-hybridized carbons (Fsp3) is 0.727. The molecular formula is C11H27CoN6O6. The first-order valence-corrected chi connectivity index (χ1v) is 6.21. The predicted molar refractivity (Wildman–Crippen MR) is 83.0 cm³/mol. The van der Waals surface area contributed by atoms with Gasteiger partial charge in [0.2, 0.25) is 0 Å². The van der Waals surface area contributed by atoms with E-state index in [1.807, 2.05) is 0 Å². The number of rotatable bonds is 9. The summed E-state index contributed by atoms with van der Waals surface area (Å²) in [5.41, 5.74) is 13.7. The van der Waals surface area contributed by atoms with Gasteiger partial charge in [0, 0.05) is 19.6 Å². The van der Waals surface area contributed by atoms with Crippen LogP contribution in [0.15, 0.2) is 15.0 Å².